The van der Waals surface area contributed by atoms with Crippen LogP contribution in [-0.2, 0) is 0 Å². The monoisotopic (exact) mass is 289 g/mol. The molecule has 0 unspecified atom stereocenters. The van der Waals surface area contributed by atoms with Gasteiger partial charge in [0, 0.05) is 0 Å². The molecule has 0 bridgehead atoms. The van der Waals surface area contributed by atoms with E-state index in [1.54, 1.807) is 0 Å². The van der Waals surface area contributed by atoms with E-state index in [1.165, 1.54) is 5.70 Å². The van der Waals surface area contributed by atoms with Crippen molar-refractivity contribution in [3.05, 3.63) is 83.7 Å². The third-order valence-electron chi connectivity index (χ3n) is 2.33. The Morgan fingerprint density at radius 1 is 1.00 bits per heavy atom. The van der Waals surface area contributed by atoms with Gasteiger partial charge in [-0.3, -0.25) is 0 Å². The second-order valence-corrected chi connectivity index (χ2v) is 5.40. The van der Waals surface area contributed by atoms with E-state index in [1.807, 2.05) is 18.2 Å². The van der Waals surface area contributed by atoms with Crippen molar-refractivity contribution in [2.75, 3.05) is 0 Å². The third-order valence-corrected chi connectivity index (χ3v) is 4.29. The summed E-state index contributed by atoms with van der Waals surface area (Å²) in [6.45, 7) is 4.13. The van der Waals surface area contributed by atoms with Gasteiger partial charge in [-0.15, -0.1) is 0 Å². The first kappa shape index (κ1) is 12.0. The summed E-state index contributed by atoms with van der Waals surface area (Å²) in [5.74, 6) is 0. The zero-order chi connectivity index (χ0) is 11.9. The van der Waals surface area contributed by atoms with E-state index in [0.717, 1.165) is 12.1 Å². The topological polar surface area (TPSA) is 3.24 Å². The Morgan fingerprint density at radius 3 is 2.82 bits per heavy atom. The molecule has 2 heteroatoms. The Bertz CT molecular complexity index is 461. The van der Waals surface area contributed by atoms with Gasteiger partial charge in [-0.05, 0) is 0 Å². The van der Waals surface area contributed by atoms with Crippen LogP contribution in [0.1, 0.15) is 6.42 Å². The Hall–Kier alpha value is -1.50. The maximum absolute atomic E-state index is 4.13. The molecule has 0 aromatic rings. The predicted molar refractivity (Wildman–Crippen MR) is 75.1 cm³/mol. The first-order valence-electron chi connectivity index (χ1n) is 5.57. The van der Waals surface area contributed by atoms with Crippen molar-refractivity contribution in [3.63, 3.8) is 0 Å². The molecule has 2 rings (SSSR count). The number of hydrogen-bond donors (Lipinski definition) is 0. The van der Waals surface area contributed by atoms with E-state index in [-0.39, 0.29) is 15.2 Å². The van der Waals surface area contributed by atoms with Gasteiger partial charge in [0.2, 0.25) is 0 Å². The molecule has 17 heavy (non-hydrogen) atoms. The van der Waals surface area contributed by atoms with E-state index >= 15 is 0 Å². The van der Waals surface area contributed by atoms with Gasteiger partial charge in [-0.2, -0.15) is 0 Å². The Balaban J connectivity index is 2.26. The fourth-order valence-electron chi connectivity index (χ4n) is 1.50. The molecule has 0 fully saturated rings. The van der Waals surface area contributed by atoms with Crippen molar-refractivity contribution < 1.29 is 0 Å². The van der Waals surface area contributed by atoms with E-state index < -0.39 is 0 Å². The molecule has 0 amide bonds. The van der Waals surface area contributed by atoms with Crippen LogP contribution < -0.4 is 0 Å². The van der Waals surface area contributed by atoms with Crippen molar-refractivity contribution in [2.24, 2.45) is 0 Å². The molecule has 0 saturated heterocycles. The molecule has 0 saturated carbocycles. The van der Waals surface area contributed by atoms with Crippen LogP contribution in [-0.4, -0.2) is 19.1 Å². The molecular weight excluding hydrogens is 273 g/mol. The van der Waals surface area contributed by atoms with Crippen LogP contribution in [0.5, 0.6) is 0 Å². The zero-order valence-electron chi connectivity index (χ0n) is 9.62. The van der Waals surface area contributed by atoms with Crippen molar-refractivity contribution in [1.29, 1.82) is 0 Å². The molecule has 1 aliphatic heterocycles. The average molecular weight is 288 g/mol. The van der Waals surface area contributed by atoms with Crippen molar-refractivity contribution in [1.82, 2.24) is 3.92 Å². The van der Waals surface area contributed by atoms with Crippen LogP contribution in [0, 0.1) is 0 Å². The minimum atomic E-state index is 0.254. The van der Waals surface area contributed by atoms with E-state index in [0.29, 0.717) is 0 Å². The quantitative estimate of drug-likeness (QED) is 0.668. The molecule has 0 aromatic heterocycles. The van der Waals surface area contributed by atoms with Crippen LogP contribution in [0.25, 0.3) is 0 Å². The summed E-state index contributed by atoms with van der Waals surface area (Å²) in [6, 6.07) is 0. The molecule has 1 heterocycles. The van der Waals surface area contributed by atoms with Crippen LogP contribution in [0.15, 0.2) is 83.7 Å². The summed E-state index contributed by atoms with van der Waals surface area (Å²) in [5, 5.41) is 0. The zero-order valence-corrected chi connectivity index (χ0v) is 11.3. The summed E-state index contributed by atoms with van der Waals surface area (Å²) in [4.78, 5) is 2.20. The SMILES string of the molecule is C=C1/C=C/C=C\C=C\[Se]N1C1=CC=CCC=C1. The molecule has 0 atom stereocenters. The van der Waals surface area contributed by atoms with Crippen LogP contribution >= 0.6 is 0 Å². The Labute approximate surface area is 109 Å². The summed E-state index contributed by atoms with van der Waals surface area (Å²) in [5.41, 5.74) is 2.24. The molecular formula is C15H15NSe. The van der Waals surface area contributed by atoms with Gasteiger partial charge in [0.15, 0.2) is 0 Å². The summed E-state index contributed by atoms with van der Waals surface area (Å²) < 4.78 is 2.26. The third kappa shape index (κ3) is 3.48. The number of allylic oxidation sites excluding steroid dienone is 10. The standard InChI is InChI=1S/C15H15NSe/c1-14-10-6-4-5-9-13-17-16(14)15-11-7-2-3-8-12-15/h2,4-13H,1,3H2/b5-4-,10-6+,13-9+. The molecule has 0 radical (unpaired) electrons. The van der Waals surface area contributed by atoms with Gasteiger partial charge < -0.3 is 0 Å². The van der Waals surface area contributed by atoms with Crippen molar-refractivity contribution in [2.45, 2.75) is 6.42 Å². The summed E-state index contributed by atoms with van der Waals surface area (Å²) in [6.07, 6.45) is 22.0. The average Bonchev–Trinajstić information content (AvgIpc) is 2.55. The van der Waals surface area contributed by atoms with Gasteiger partial charge in [0.25, 0.3) is 0 Å². The fourth-order valence-corrected chi connectivity index (χ4v) is 3.02. The number of rotatable bonds is 1. The fraction of sp³-hybridized carbons (Fsp3) is 0.0667. The van der Waals surface area contributed by atoms with E-state index in [4.69, 9.17) is 0 Å². The number of nitrogens with zero attached hydrogens (tertiary/aromatic N) is 1. The second kappa shape index (κ2) is 6.29. The summed E-state index contributed by atoms with van der Waals surface area (Å²) in [7, 11) is 0. The molecule has 0 N–H and O–H groups in total. The van der Waals surface area contributed by atoms with Crippen LogP contribution in [0.2, 0.25) is 0 Å². The van der Waals surface area contributed by atoms with Gasteiger partial charge in [0.05, 0.1) is 0 Å². The molecule has 1 nitrogen and oxygen atoms in total. The van der Waals surface area contributed by atoms with Gasteiger partial charge in [-0.25, -0.2) is 0 Å². The Kier molecular flexibility index (Phi) is 4.43. The first-order valence-corrected chi connectivity index (χ1v) is 7.32. The number of hydrogen-bond acceptors (Lipinski definition) is 1. The molecule has 86 valence electrons. The minimum absolute atomic E-state index is 0.254. The molecule has 0 spiro atoms. The molecule has 2 aliphatic rings. The maximum atomic E-state index is 4.13. The van der Waals surface area contributed by atoms with Crippen LogP contribution in [0.3, 0.4) is 0 Å². The molecule has 1 aliphatic carbocycles. The summed E-state index contributed by atoms with van der Waals surface area (Å²) >= 11 is 0.254. The second-order valence-electron chi connectivity index (χ2n) is 3.62. The normalized spacial score (nSPS) is 25.3. The van der Waals surface area contributed by atoms with Gasteiger partial charge in [-0.1, -0.05) is 0 Å². The van der Waals surface area contributed by atoms with Crippen LogP contribution in [0.4, 0.5) is 0 Å². The predicted octanol–water partition coefficient (Wildman–Crippen LogP) is 3.46. The van der Waals surface area contributed by atoms with Crippen molar-refractivity contribution >= 4 is 15.2 Å². The van der Waals surface area contributed by atoms with E-state index in [9.17, 15) is 0 Å². The van der Waals surface area contributed by atoms with Gasteiger partial charge >= 0.3 is 109 Å². The molecule has 0 aromatic carbocycles. The van der Waals surface area contributed by atoms with Gasteiger partial charge in [0.1, 0.15) is 0 Å². The van der Waals surface area contributed by atoms with Crippen molar-refractivity contribution in [3.8, 4) is 0 Å². The Morgan fingerprint density at radius 2 is 1.88 bits per heavy atom. The van der Waals surface area contributed by atoms with E-state index in [2.05, 4.69) is 58.0 Å². The first-order chi connectivity index (χ1) is 8.38.